The quantitative estimate of drug-likeness (QED) is 0.177. The molecule has 0 aromatic heterocycles. The Balaban J connectivity index is 3.30. The van der Waals surface area contributed by atoms with E-state index in [0.29, 0.717) is 6.04 Å². The molecule has 0 fully saturated rings. The van der Waals surface area contributed by atoms with Crippen molar-refractivity contribution in [2.24, 2.45) is 0 Å². The van der Waals surface area contributed by atoms with Crippen LogP contribution in [0, 0.1) is 0 Å². The normalized spacial score (nSPS) is 12.7. The summed E-state index contributed by atoms with van der Waals surface area (Å²) < 4.78 is 1.02. The van der Waals surface area contributed by atoms with Crippen LogP contribution in [0.15, 0.2) is 12.2 Å². The zero-order valence-electron chi connectivity index (χ0n) is 10.6. The van der Waals surface area contributed by atoms with Crippen molar-refractivity contribution in [1.29, 1.82) is 0 Å². The molecule has 1 atom stereocenters. The Morgan fingerprint density at radius 2 is 2.00 bits per heavy atom. The van der Waals surface area contributed by atoms with Crippen LogP contribution in [0.5, 0.6) is 0 Å². The van der Waals surface area contributed by atoms with E-state index in [2.05, 4.69) is 59.0 Å². The fourth-order valence-electron chi connectivity index (χ4n) is 1.36. The summed E-state index contributed by atoms with van der Waals surface area (Å²) in [6.45, 7) is 12.5. The van der Waals surface area contributed by atoms with E-state index < -0.39 is 0 Å². The molecule has 0 rings (SSSR count). The van der Waals surface area contributed by atoms with Gasteiger partial charge in [-0.15, -0.1) is 0 Å². The highest BCUT2D eigenvalue weighted by Crippen LogP contribution is 2.04. The lowest BCUT2D eigenvalue weighted by molar-refractivity contribution is 0.552. The standard InChI is InChI=1S/C12H26IN3/c1-4-14-7-8-15-9-11(2)5-6-12(3)16-10-13/h12,14-16H,2,4-10H2,1,3H3/t12-/m0/s1. The van der Waals surface area contributed by atoms with E-state index in [9.17, 15) is 0 Å². The second kappa shape index (κ2) is 11.8. The van der Waals surface area contributed by atoms with Gasteiger partial charge in [-0.05, 0) is 26.3 Å². The Labute approximate surface area is 114 Å². The summed E-state index contributed by atoms with van der Waals surface area (Å²) in [4.78, 5) is 0. The molecular formula is C12H26IN3. The molecule has 0 aromatic carbocycles. The lowest BCUT2D eigenvalue weighted by Crippen LogP contribution is -2.29. The summed E-state index contributed by atoms with van der Waals surface area (Å²) in [5.74, 6) is 0. The second-order valence-corrected chi connectivity index (χ2v) is 4.82. The molecule has 0 radical (unpaired) electrons. The Morgan fingerprint density at radius 1 is 1.31 bits per heavy atom. The van der Waals surface area contributed by atoms with Gasteiger partial charge in [-0.3, -0.25) is 0 Å². The molecule has 0 saturated carbocycles. The van der Waals surface area contributed by atoms with E-state index in [-0.39, 0.29) is 0 Å². The molecule has 0 aromatic rings. The molecule has 3 nitrogen and oxygen atoms in total. The van der Waals surface area contributed by atoms with Crippen LogP contribution in [0.25, 0.3) is 0 Å². The van der Waals surface area contributed by atoms with Gasteiger partial charge in [0.2, 0.25) is 0 Å². The lowest BCUT2D eigenvalue weighted by atomic mass is 10.1. The first-order valence-corrected chi connectivity index (χ1v) is 7.60. The smallest absolute Gasteiger partial charge is 0.0481 e. The van der Waals surface area contributed by atoms with E-state index in [0.717, 1.165) is 37.2 Å². The Bertz CT molecular complexity index is 174. The predicted molar refractivity (Wildman–Crippen MR) is 81.3 cm³/mol. The van der Waals surface area contributed by atoms with Gasteiger partial charge >= 0.3 is 0 Å². The number of hydrogen-bond donors (Lipinski definition) is 3. The van der Waals surface area contributed by atoms with E-state index in [1.54, 1.807) is 0 Å². The van der Waals surface area contributed by atoms with Crippen LogP contribution in [-0.4, -0.2) is 36.8 Å². The van der Waals surface area contributed by atoms with Crippen LogP contribution >= 0.6 is 22.6 Å². The van der Waals surface area contributed by atoms with Gasteiger partial charge in [0.05, 0.1) is 0 Å². The number of likely N-dealkylation sites (N-methyl/N-ethyl adjacent to an activating group) is 1. The van der Waals surface area contributed by atoms with Crippen LogP contribution in [0.3, 0.4) is 0 Å². The van der Waals surface area contributed by atoms with Crippen LogP contribution in [0.1, 0.15) is 26.7 Å². The summed E-state index contributed by atoms with van der Waals surface area (Å²) in [7, 11) is 0. The minimum atomic E-state index is 0.593. The molecule has 16 heavy (non-hydrogen) atoms. The van der Waals surface area contributed by atoms with E-state index in [1.165, 1.54) is 12.0 Å². The fraction of sp³-hybridized carbons (Fsp3) is 0.833. The Hall–Kier alpha value is 0.350. The van der Waals surface area contributed by atoms with Crippen molar-refractivity contribution in [2.75, 3.05) is 30.7 Å². The van der Waals surface area contributed by atoms with Crippen molar-refractivity contribution < 1.29 is 0 Å². The van der Waals surface area contributed by atoms with Crippen molar-refractivity contribution in [3.63, 3.8) is 0 Å². The van der Waals surface area contributed by atoms with Crippen molar-refractivity contribution in [3.8, 4) is 0 Å². The summed E-state index contributed by atoms with van der Waals surface area (Å²) >= 11 is 2.34. The molecule has 0 bridgehead atoms. The summed E-state index contributed by atoms with van der Waals surface area (Å²) in [6, 6.07) is 0.593. The third kappa shape index (κ3) is 10.9. The predicted octanol–water partition coefficient (Wildman–Crippen LogP) is 1.89. The minimum Gasteiger partial charge on any atom is -0.316 e. The first kappa shape index (κ1) is 16.4. The number of nitrogens with one attached hydrogen (secondary N) is 3. The summed E-state index contributed by atoms with van der Waals surface area (Å²) in [5.41, 5.74) is 1.30. The van der Waals surface area contributed by atoms with Gasteiger partial charge in [0.15, 0.2) is 0 Å². The largest absolute Gasteiger partial charge is 0.316 e. The number of alkyl halides is 1. The molecular weight excluding hydrogens is 313 g/mol. The fourth-order valence-corrected chi connectivity index (χ4v) is 2.11. The van der Waals surface area contributed by atoms with Gasteiger partial charge < -0.3 is 16.0 Å². The highest BCUT2D eigenvalue weighted by molar-refractivity contribution is 14.1. The van der Waals surface area contributed by atoms with Crippen LogP contribution in [0.2, 0.25) is 0 Å². The zero-order valence-corrected chi connectivity index (χ0v) is 12.8. The lowest BCUT2D eigenvalue weighted by Gasteiger charge is -2.13. The van der Waals surface area contributed by atoms with Gasteiger partial charge in [-0.2, -0.15) is 0 Å². The van der Waals surface area contributed by atoms with E-state index in [1.807, 2.05) is 0 Å². The molecule has 0 amide bonds. The first-order chi connectivity index (χ1) is 7.70. The molecule has 0 aliphatic rings. The van der Waals surface area contributed by atoms with Crippen LogP contribution in [-0.2, 0) is 0 Å². The summed E-state index contributed by atoms with van der Waals surface area (Å²) in [5, 5.41) is 10.1. The number of hydrogen-bond acceptors (Lipinski definition) is 3. The van der Waals surface area contributed by atoms with Gasteiger partial charge in [-0.25, -0.2) is 0 Å². The van der Waals surface area contributed by atoms with Crippen LogP contribution in [0.4, 0.5) is 0 Å². The van der Waals surface area contributed by atoms with Gasteiger partial charge in [0.1, 0.15) is 0 Å². The van der Waals surface area contributed by atoms with Gasteiger partial charge in [0.25, 0.3) is 0 Å². The van der Waals surface area contributed by atoms with Crippen molar-refractivity contribution >= 4 is 22.6 Å². The van der Waals surface area contributed by atoms with Crippen molar-refractivity contribution in [3.05, 3.63) is 12.2 Å². The maximum atomic E-state index is 4.09. The Morgan fingerprint density at radius 3 is 2.62 bits per heavy atom. The number of rotatable bonds is 11. The second-order valence-electron chi connectivity index (χ2n) is 4.06. The van der Waals surface area contributed by atoms with Crippen molar-refractivity contribution in [2.45, 2.75) is 32.7 Å². The molecule has 0 aliphatic heterocycles. The maximum absolute atomic E-state index is 4.09. The average Bonchev–Trinajstić information content (AvgIpc) is 2.26. The molecule has 0 unspecified atom stereocenters. The minimum absolute atomic E-state index is 0.593. The zero-order chi connectivity index (χ0) is 12.2. The first-order valence-electron chi connectivity index (χ1n) is 6.08. The molecule has 0 heterocycles. The molecule has 96 valence electrons. The molecule has 4 heteroatoms. The monoisotopic (exact) mass is 339 g/mol. The highest BCUT2D eigenvalue weighted by atomic mass is 127. The third-order valence-corrected chi connectivity index (χ3v) is 2.90. The molecule has 0 saturated heterocycles. The maximum Gasteiger partial charge on any atom is 0.0481 e. The SMILES string of the molecule is C=C(CC[C@H](C)NCI)CNCCNCC. The third-order valence-electron chi connectivity index (χ3n) is 2.46. The molecule has 0 spiro atoms. The average molecular weight is 339 g/mol. The molecule has 0 aliphatic carbocycles. The summed E-state index contributed by atoms with van der Waals surface area (Å²) in [6.07, 6.45) is 2.29. The molecule has 3 N–H and O–H groups in total. The highest BCUT2D eigenvalue weighted by Gasteiger charge is 2.01. The van der Waals surface area contributed by atoms with E-state index >= 15 is 0 Å². The van der Waals surface area contributed by atoms with E-state index in [4.69, 9.17) is 0 Å². The van der Waals surface area contributed by atoms with Gasteiger partial charge in [0, 0.05) is 30.2 Å². The van der Waals surface area contributed by atoms with Gasteiger partial charge in [-0.1, -0.05) is 41.7 Å². The Kier molecular flexibility index (Phi) is 12.1. The number of halogens is 1. The van der Waals surface area contributed by atoms with Crippen molar-refractivity contribution in [1.82, 2.24) is 16.0 Å². The topological polar surface area (TPSA) is 36.1 Å². The van der Waals surface area contributed by atoms with Crippen LogP contribution < -0.4 is 16.0 Å².